The van der Waals surface area contributed by atoms with Crippen molar-refractivity contribution >= 4 is 11.8 Å². The van der Waals surface area contributed by atoms with Crippen molar-refractivity contribution in [3.8, 4) is 0 Å². The molecule has 0 amide bonds. The van der Waals surface area contributed by atoms with Gasteiger partial charge in [-0.2, -0.15) is 0 Å². The zero-order valence-electron chi connectivity index (χ0n) is 16.1. The van der Waals surface area contributed by atoms with Gasteiger partial charge < -0.3 is 15.4 Å². The standard InChI is InChI=1S/C23H26N2O3/c1-2-28-22(27)19-14-23-17(11-12-24-19)9-6-10-21(23)25-15-18(23)20(26)13-16-7-4-3-5-8-16/h3-11,18-19,24-25H,2,12-15H2,1H3. The monoisotopic (exact) mass is 378 g/mol. The van der Waals surface area contributed by atoms with Gasteiger partial charge in [-0.25, -0.2) is 0 Å². The van der Waals surface area contributed by atoms with E-state index in [4.69, 9.17) is 4.74 Å². The molecule has 2 heterocycles. The van der Waals surface area contributed by atoms with Gasteiger partial charge in [0.25, 0.3) is 0 Å². The summed E-state index contributed by atoms with van der Waals surface area (Å²) < 4.78 is 5.29. The molecule has 3 aliphatic rings. The second-order valence-electron chi connectivity index (χ2n) is 7.55. The molecule has 3 atom stereocenters. The average molecular weight is 378 g/mol. The maximum Gasteiger partial charge on any atom is 0.323 e. The molecular formula is C23H26N2O3. The van der Waals surface area contributed by atoms with Gasteiger partial charge in [-0.1, -0.05) is 48.6 Å². The summed E-state index contributed by atoms with van der Waals surface area (Å²) in [6.45, 7) is 3.33. The first-order valence-electron chi connectivity index (χ1n) is 9.95. The summed E-state index contributed by atoms with van der Waals surface area (Å²) in [5, 5.41) is 6.74. The number of rotatable bonds is 5. The number of ether oxygens (including phenoxy) is 1. The van der Waals surface area contributed by atoms with E-state index in [1.54, 1.807) is 0 Å². The van der Waals surface area contributed by atoms with Gasteiger partial charge in [0, 0.05) is 30.6 Å². The van der Waals surface area contributed by atoms with E-state index in [0.717, 1.165) is 16.8 Å². The second kappa shape index (κ2) is 7.76. The van der Waals surface area contributed by atoms with Crippen LogP contribution in [0, 0.1) is 11.3 Å². The largest absolute Gasteiger partial charge is 0.465 e. The lowest BCUT2D eigenvalue weighted by Crippen LogP contribution is -2.45. The lowest BCUT2D eigenvalue weighted by Gasteiger charge is -2.38. The summed E-state index contributed by atoms with van der Waals surface area (Å²) in [7, 11) is 0. The first-order valence-corrected chi connectivity index (χ1v) is 9.95. The third-order valence-electron chi connectivity index (χ3n) is 6.02. The first-order chi connectivity index (χ1) is 13.6. The summed E-state index contributed by atoms with van der Waals surface area (Å²) in [6, 6.07) is 9.42. The maximum absolute atomic E-state index is 13.4. The first kappa shape index (κ1) is 18.7. The Morgan fingerprint density at radius 3 is 2.86 bits per heavy atom. The van der Waals surface area contributed by atoms with Crippen LogP contribution in [0.4, 0.5) is 0 Å². The van der Waals surface area contributed by atoms with Crippen LogP contribution in [0.2, 0.25) is 0 Å². The molecule has 0 radical (unpaired) electrons. The van der Waals surface area contributed by atoms with Crippen LogP contribution in [0.5, 0.6) is 0 Å². The van der Waals surface area contributed by atoms with Crippen molar-refractivity contribution in [2.75, 3.05) is 19.7 Å². The Morgan fingerprint density at radius 2 is 2.07 bits per heavy atom. The molecule has 5 nitrogen and oxygen atoms in total. The zero-order chi connectivity index (χ0) is 19.6. The van der Waals surface area contributed by atoms with Crippen molar-refractivity contribution in [3.05, 3.63) is 71.5 Å². The topological polar surface area (TPSA) is 67.4 Å². The van der Waals surface area contributed by atoms with E-state index in [1.807, 2.05) is 49.4 Å². The molecule has 2 N–H and O–H groups in total. The van der Waals surface area contributed by atoms with Gasteiger partial charge in [-0.3, -0.25) is 9.59 Å². The second-order valence-corrected chi connectivity index (χ2v) is 7.55. The summed E-state index contributed by atoms with van der Waals surface area (Å²) >= 11 is 0. The summed E-state index contributed by atoms with van der Waals surface area (Å²) in [5.74, 6) is -0.263. The quantitative estimate of drug-likeness (QED) is 0.770. The number of esters is 1. The molecule has 0 bridgehead atoms. The number of nitrogens with one attached hydrogen (secondary N) is 2. The van der Waals surface area contributed by atoms with Crippen LogP contribution in [-0.4, -0.2) is 37.5 Å². The maximum atomic E-state index is 13.4. The molecule has 0 saturated carbocycles. The molecular weight excluding hydrogens is 352 g/mol. The van der Waals surface area contributed by atoms with Crippen molar-refractivity contribution in [2.45, 2.75) is 25.8 Å². The Balaban J connectivity index is 1.68. The van der Waals surface area contributed by atoms with E-state index >= 15 is 0 Å². The predicted octanol–water partition coefficient (Wildman–Crippen LogP) is 2.31. The molecule has 1 aliphatic carbocycles. The van der Waals surface area contributed by atoms with Crippen LogP contribution in [0.3, 0.4) is 0 Å². The molecule has 0 aromatic heterocycles. The van der Waals surface area contributed by atoms with Crippen LogP contribution >= 0.6 is 0 Å². The van der Waals surface area contributed by atoms with Crippen molar-refractivity contribution in [1.29, 1.82) is 0 Å². The minimum absolute atomic E-state index is 0.202. The van der Waals surface area contributed by atoms with Crippen molar-refractivity contribution < 1.29 is 14.3 Å². The van der Waals surface area contributed by atoms with Crippen molar-refractivity contribution in [1.82, 2.24) is 10.6 Å². The minimum atomic E-state index is -0.498. The van der Waals surface area contributed by atoms with E-state index in [0.29, 0.717) is 32.5 Å². The minimum Gasteiger partial charge on any atom is -0.465 e. The van der Waals surface area contributed by atoms with Gasteiger partial charge >= 0.3 is 5.97 Å². The fourth-order valence-corrected chi connectivity index (χ4v) is 4.74. The Bertz CT molecular complexity index is 856. The number of allylic oxidation sites excluding steroid dienone is 4. The molecule has 28 heavy (non-hydrogen) atoms. The number of hydrogen-bond donors (Lipinski definition) is 2. The van der Waals surface area contributed by atoms with Gasteiger partial charge in [-0.15, -0.1) is 0 Å². The molecule has 1 fully saturated rings. The Kier molecular flexibility index (Phi) is 5.18. The number of ketones is 1. The molecule has 2 aliphatic heterocycles. The average Bonchev–Trinajstić information content (AvgIpc) is 2.96. The molecule has 1 aromatic rings. The number of Topliss-reactive ketones (excluding diaryl/α,β-unsaturated/α-hetero) is 1. The van der Waals surface area contributed by atoms with Crippen LogP contribution in [0.25, 0.3) is 0 Å². The molecule has 1 saturated heterocycles. The van der Waals surface area contributed by atoms with Gasteiger partial charge in [0.15, 0.2) is 0 Å². The Morgan fingerprint density at radius 1 is 1.25 bits per heavy atom. The van der Waals surface area contributed by atoms with Crippen LogP contribution in [0.15, 0.2) is 65.9 Å². The Hall–Kier alpha value is -2.66. The van der Waals surface area contributed by atoms with Crippen LogP contribution < -0.4 is 10.6 Å². The number of hydrogen-bond acceptors (Lipinski definition) is 5. The third-order valence-corrected chi connectivity index (χ3v) is 6.02. The lowest BCUT2D eigenvalue weighted by molar-refractivity contribution is -0.146. The molecule has 146 valence electrons. The zero-order valence-corrected chi connectivity index (χ0v) is 16.1. The Labute approximate surface area is 165 Å². The summed E-state index contributed by atoms with van der Waals surface area (Å²) in [4.78, 5) is 25.9. The van der Waals surface area contributed by atoms with Gasteiger partial charge in [0.1, 0.15) is 11.8 Å². The predicted molar refractivity (Wildman–Crippen MR) is 107 cm³/mol. The smallest absolute Gasteiger partial charge is 0.323 e. The number of benzene rings is 1. The highest BCUT2D eigenvalue weighted by Gasteiger charge is 2.54. The van der Waals surface area contributed by atoms with E-state index in [9.17, 15) is 9.59 Å². The fraction of sp³-hybridized carbons (Fsp3) is 0.391. The SMILES string of the molecule is CCOC(=O)C1CC23C(=CCN1)C=CC=C2NCC3C(=O)Cc1ccccc1. The van der Waals surface area contributed by atoms with Gasteiger partial charge in [0.2, 0.25) is 0 Å². The fourth-order valence-electron chi connectivity index (χ4n) is 4.74. The van der Waals surface area contributed by atoms with Gasteiger partial charge in [-0.05, 0) is 30.6 Å². The van der Waals surface area contributed by atoms with Crippen molar-refractivity contribution in [2.24, 2.45) is 11.3 Å². The molecule has 4 rings (SSSR count). The lowest BCUT2D eigenvalue weighted by atomic mass is 9.63. The van der Waals surface area contributed by atoms with E-state index < -0.39 is 11.5 Å². The number of carbonyl (C=O) groups is 2. The third kappa shape index (κ3) is 3.20. The molecule has 1 aromatic carbocycles. The normalized spacial score (nSPS) is 28.2. The molecule has 1 spiro atoms. The molecule has 3 unspecified atom stereocenters. The van der Waals surface area contributed by atoms with Crippen LogP contribution in [-0.2, 0) is 20.7 Å². The highest BCUT2D eigenvalue weighted by Crippen LogP contribution is 2.52. The highest BCUT2D eigenvalue weighted by molar-refractivity contribution is 5.87. The summed E-state index contributed by atoms with van der Waals surface area (Å²) in [6.07, 6.45) is 9.16. The van der Waals surface area contributed by atoms with Crippen molar-refractivity contribution in [3.63, 3.8) is 0 Å². The van der Waals surface area contributed by atoms with E-state index in [-0.39, 0.29) is 17.7 Å². The summed E-state index contributed by atoms with van der Waals surface area (Å²) in [5.41, 5.74) is 2.67. The highest BCUT2D eigenvalue weighted by atomic mass is 16.5. The van der Waals surface area contributed by atoms with Gasteiger partial charge in [0.05, 0.1) is 12.5 Å². The van der Waals surface area contributed by atoms with Crippen LogP contribution in [0.1, 0.15) is 18.9 Å². The number of carbonyl (C=O) groups excluding carboxylic acids is 2. The van der Waals surface area contributed by atoms with E-state index in [1.165, 1.54) is 0 Å². The molecule has 5 heteroatoms. The van der Waals surface area contributed by atoms with E-state index in [2.05, 4.69) is 22.8 Å².